The molecule has 0 aliphatic rings. The van der Waals surface area contributed by atoms with Gasteiger partial charge in [-0.05, 0) is 30.2 Å². The third-order valence-corrected chi connectivity index (χ3v) is 3.49. The van der Waals surface area contributed by atoms with Crippen molar-refractivity contribution in [1.82, 2.24) is 0 Å². The van der Waals surface area contributed by atoms with Gasteiger partial charge in [0.1, 0.15) is 0 Å². The minimum Gasteiger partial charge on any atom is -0.0622 e. The third kappa shape index (κ3) is 8.33. The Morgan fingerprint density at radius 3 is 1.89 bits per heavy atom. The molecule has 0 saturated carbocycles. The Morgan fingerprint density at radius 1 is 0.722 bits per heavy atom. The molecule has 0 spiro atoms. The summed E-state index contributed by atoms with van der Waals surface area (Å²) in [5.74, 6) is 0. The molecule has 0 aliphatic carbocycles. The van der Waals surface area contributed by atoms with Gasteiger partial charge in [0.15, 0.2) is 0 Å². The van der Waals surface area contributed by atoms with Crippen LogP contribution in [0.3, 0.4) is 0 Å². The zero-order valence-corrected chi connectivity index (χ0v) is 12.5. The largest absolute Gasteiger partial charge is 0.0622 e. The van der Waals surface area contributed by atoms with Crippen LogP contribution in [0.25, 0.3) is 0 Å². The van der Waals surface area contributed by atoms with Crippen molar-refractivity contribution in [3.8, 4) is 0 Å². The molecule has 102 valence electrons. The van der Waals surface area contributed by atoms with E-state index in [1.54, 1.807) is 0 Å². The number of benzene rings is 1. The first-order valence-electron chi connectivity index (χ1n) is 7.62. The second-order valence-electron chi connectivity index (χ2n) is 6.67. The Hall–Kier alpha value is -0.780. The maximum absolute atomic E-state index is 2.34. The summed E-state index contributed by atoms with van der Waals surface area (Å²) in [6.45, 7) is 7.02. The molecule has 0 atom stereocenters. The van der Waals surface area contributed by atoms with Crippen molar-refractivity contribution in [3.05, 3.63) is 35.9 Å². The van der Waals surface area contributed by atoms with E-state index >= 15 is 0 Å². The van der Waals surface area contributed by atoms with Gasteiger partial charge in [-0.2, -0.15) is 0 Å². The highest BCUT2D eigenvalue weighted by atomic mass is 14.1. The van der Waals surface area contributed by atoms with Crippen molar-refractivity contribution in [3.63, 3.8) is 0 Å². The van der Waals surface area contributed by atoms with Crippen LogP contribution >= 0.6 is 0 Å². The van der Waals surface area contributed by atoms with Gasteiger partial charge in [-0.15, -0.1) is 0 Å². The minimum absolute atomic E-state index is 0.521. The summed E-state index contributed by atoms with van der Waals surface area (Å²) in [5, 5.41) is 0. The molecule has 0 amide bonds. The highest BCUT2D eigenvalue weighted by Crippen LogP contribution is 2.22. The summed E-state index contributed by atoms with van der Waals surface area (Å²) < 4.78 is 0. The summed E-state index contributed by atoms with van der Waals surface area (Å²) in [5.41, 5.74) is 2.01. The molecule has 0 nitrogen and oxygen atoms in total. The number of hydrogen-bond donors (Lipinski definition) is 0. The van der Waals surface area contributed by atoms with Crippen LogP contribution in [0.15, 0.2) is 30.3 Å². The van der Waals surface area contributed by atoms with E-state index in [1.807, 2.05) is 0 Å². The van der Waals surface area contributed by atoms with Gasteiger partial charge in [-0.1, -0.05) is 83.2 Å². The molecule has 0 N–H and O–H groups in total. The van der Waals surface area contributed by atoms with Crippen molar-refractivity contribution < 1.29 is 0 Å². The Labute approximate surface area is 114 Å². The van der Waals surface area contributed by atoms with Crippen molar-refractivity contribution in [2.45, 2.75) is 72.1 Å². The lowest BCUT2D eigenvalue weighted by Gasteiger charge is -2.17. The molecular weight excluding hydrogens is 216 g/mol. The van der Waals surface area contributed by atoms with Gasteiger partial charge in [0.05, 0.1) is 0 Å². The lowest BCUT2D eigenvalue weighted by Crippen LogP contribution is -2.03. The fourth-order valence-corrected chi connectivity index (χ4v) is 2.34. The molecule has 1 aromatic rings. The van der Waals surface area contributed by atoms with Crippen LogP contribution in [0.4, 0.5) is 0 Å². The smallest absolute Gasteiger partial charge is 0.0279 e. The fourth-order valence-electron chi connectivity index (χ4n) is 2.34. The average Bonchev–Trinajstić information content (AvgIpc) is 2.32. The van der Waals surface area contributed by atoms with Gasteiger partial charge in [0.25, 0.3) is 0 Å². The molecule has 0 radical (unpaired) electrons. The molecular formula is C18H30. The minimum atomic E-state index is 0.521. The van der Waals surface area contributed by atoms with Gasteiger partial charge >= 0.3 is 0 Å². The molecule has 0 saturated heterocycles. The Morgan fingerprint density at radius 2 is 1.28 bits per heavy atom. The van der Waals surface area contributed by atoms with Gasteiger partial charge in [-0.25, -0.2) is 0 Å². The summed E-state index contributed by atoms with van der Waals surface area (Å²) >= 11 is 0. The molecule has 0 unspecified atom stereocenters. The first-order chi connectivity index (χ1) is 8.58. The molecule has 0 aliphatic heterocycles. The van der Waals surface area contributed by atoms with Crippen molar-refractivity contribution >= 4 is 0 Å². The Balaban J connectivity index is 1.90. The van der Waals surface area contributed by atoms with Crippen LogP contribution in [-0.4, -0.2) is 0 Å². The zero-order chi connectivity index (χ0) is 13.3. The number of hydrogen-bond acceptors (Lipinski definition) is 0. The highest BCUT2D eigenvalue weighted by Gasteiger charge is 2.08. The van der Waals surface area contributed by atoms with E-state index in [2.05, 4.69) is 51.1 Å². The maximum atomic E-state index is 2.34. The third-order valence-electron chi connectivity index (χ3n) is 3.49. The van der Waals surface area contributed by atoms with Crippen LogP contribution in [-0.2, 0) is 6.42 Å². The van der Waals surface area contributed by atoms with E-state index in [4.69, 9.17) is 0 Å². The molecule has 0 bridgehead atoms. The molecule has 0 fully saturated rings. The topological polar surface area (TPSA) is 0 Å². The molecule has 0 heteroatoms. The molecule has 0 heterocycles. The Bertz CT molecular complexity index is 292. The van der Waals surface area contributed by atoms with E-state index in [9.17, 15) is 0 Å². The second kappa shape index (κ2) is 8.34. The lowest BCUT2D eigenvalue weighted by molar-refractivity contribution is 0.356. The van der Waals surface area contributed by atoms with E-state index in [-0.39, 0.29) is 0 Å². The molecule has 0 aromatic heterocycles. The maximum Gasteiger partial charge on any atom is -0.0279 e. The van der Waals surface area contributed by atoms with E-state index in [0.717, 1.165) is 0 Å². The standard InChI is InChI=1S/C18H30/c1-18(2,3)16-12-7-5-4-6-9-13-17-14-10-8-11-15-17/h8,10-11,14-15H,4-7,9,12-13,16H2,1-3H3. The quantitative estimate of drug-likeness (QED) is 0.493. The lowest BCUT2D eigenvalue weighted by atomic mass is 9.89. The van der Waals surface area contributed by atoms with Crippen LogP contribution in [0.1, 0.15) is 71.3 Å². The van der Waals surface area contributed by atoms with Gasteiger partial charge < -0.3 is 0 Å². The van der Waals surface area contributed by atoms with E-state index < -0.39 is 0 Å². The van der Waals surface area contributed by atoms with Crippen molar-refractivity contribution in [1.29, 1.82) is 0 Å². The van der Waals surface area contributed by atoms with Gasteiger partial charge in [-0.3, -0.25) is 0 Å². The van der Waals surface area contributed by atoms with E-state index in [0.29, 0.717) is 5.41 Å². The second-order valence-corrected chi connectivity index (χ2v) is 6.67. The first-order valence-corrected chi connectivity index (χ1v) is 7.62. The SMILES string of the molecule is CC(C)(C)CCCCCCCCc1ccccc1. The Kier molecular flexibility index (Phi) is 7.08. The van der Waals surface area contributed by atoms with Gasteiger partial charge in [0.2, 0.25) is 0 Å². The first kappa shape index (κ1) is 15.3. The predicted molar refractivity (Wildman–Crippen MR) is 81.9 cm³/mol. The number of rotatable bonds is 8. The molecule has 18 heavy (non-hydrogen) atoms. The predicted octanol–water partition coefficient (Wildman–Crippen LogP) is 6.01. The fraction of sp³-hybridized carbons (Fsp3) is 0.667. The molecule has 1 rings (SSSR count). The summed E-state index contributed by atoms with van der Waals surface area (Å²) in [6, 6.07) is 10.9. The van der Waals surface area contributed by atoms with E-state index in [1.165, 1.54) is 56.9 Å². The van der Waals surface area contributed by atoms with Crippen LogP contribution in [0, 0.1) is 5.41 Å². The van der Waals surface area contributed by atoms with Crippen LogP contribution < -0.4 is 0 Å². The number of aryl methyl sites for hydroxylation is 1. The highest BCUT2D eigenvalue weighted by molar-refractivity contribution is 5.14. The summed E-state index contributed by atoms with van der Waals surface area (Å²) in [4.78, 5) is 0. The van der Waals surface area contributed by atoms with Crippen molar-refractivity contribution in [2.75, 3.05) is 0 Å². The van der Waals surface area contributed by atoms with Crippen LogP contribution in [0.2, 0.25) is 0 Å². The molecule has 1 aromatic carbocycles. The summed E-state index contributed by atoms with van der Waals surface area (Å²) in [6.07, 6.45) is 11.0. The average molecular weight is 246 g/mol. The normalized spacial score (nSPS) is 11.7. The van der Waals surface area contributed by atoms with Crippen LogP contribution in [0.5, 0.6) is 0 Å². The zero-order valence-electron chi connectivity index (χ0n) is 12.5. The number of unbranched alkanes of at least 4 members (excludes halogenated alkanes) is 5. The summed E-state index contributed by atoms with van der Waals surface area (Å²) in [7, 11) is 0. The van der Waals surface area contributed by atoms with Crippen molar-refractivity contribution in [2.24, 2.45) is 5.41 Å². The monoisotopic (exact) mass is 246 g/mol. The van der Waals surface area contributed by atoms with Gasteiger partial charge in [0, 0.05) is 0 Å².